The van der Waals surface area contributed by atoms with Crippen molar-refractivity contribution in [1.29, 1.82) is 5.26 Å². The molecule has 0 radical (unpaired) electrons. The predicted molar refractivity (Wildman–Crippen MR) is 53.0 cm³/mol. The molecule has 0 aliphatic carbocycles. The first-order valence-electron chi connectivity index (χ1n) is 4.19. The number of thioether (sulfide) groups is 1. The molecular formula is C9H17NOS. The van der Waals surface area contributed by atoms with Gasteiger partial charge in [0.15, 0.2) is 0 Å². The van der Waals surface area contributed by atoms with Crippen molar-refractivity contribution in [2.75, 3.05) is 12.0 Å². The second kappa shape index (κ2) is 5.45. The van der Waals surface area contributed by atoms with Gasteiger partial charge in [0.05, 0.1) is 17.6 Å². The van der Waals surface area contributed by atoms with Gasteiger partial charge in [-0.2, -0.15) is 17.0 Å². The quantitative estimate of drug-likeness (QED) is 0.716. The van der Waals surface area contributed by atoms with Crippen LogP contribution in [0.1, 0.15) is 26.7 Å². The zero-order valence-corrected chi connectivity index (χ0v) is 8.82. The van der Waals surface area contributed by atoms with E-state index in [9.17, 15) is 5.11 Å². The molecule has 2 nitrogen and oxygen atoms in total. The number of hydrogen-bond donors (Lipinski definition) is 1. The highest BCUT2D eigenvalue weighted by molar-refractivity contribution is 7.98. The fourth-order valence-electron chi connectivity index (χ4n) is 0.937. The van der Waals surface area contributed by atoms with E-state index in [1.807, 2.05) is 20.1 Å². The Balaban J connectivity index is 4.05. The molecule has 0 aliphatic heterocycles. The van der Waals surface area contributed by atoms with Gasteiger partial charge >= 0.3 is 0 Å². The van der Waals surface area contributed by atoms with Crippen molar-refractivity contribution < 1.29 is 5.11 Å². The van der Waals surface area contributed by atoms with Crippen LogP contribution in [0.15, 0.2) is 0 Å². The third-order valence-corrected chi connectivity index (χ3v) is 2.96. The molecule has 0 heterocycles. The second-order valence-electron chi connectivity index (χ2n) is 3.18. The van der Waals surface area contributed by atoms with E-state index in [0.29, 0.717) is 12.8 Å². The molecule has 3 heteroatoms. The molecule has 0 aromatic heterocycles. The molecule has 0 amide bonds. The van der Waals surface area contributed by atoms with Gasteiger partial charge in [-0.25, -0.2) is 0 Å². The summed E-state index contributed by atoms with van der Waals surface area (Å²) in [4.78, 5) is 0. The topological polar surface area (TPSA) is 44.0 Å². The number of hydrogen-bond acceptors (Lipinski definition) is 3. The molecular weight excluding hydrogens is 170 g/mol. The van der Waals surface area contributed by atoms with Gasteiger partial charge in [0.25, 0.3) is 0 Å². The molecule has 12 heavy (non-hydrogen) atoms. The fraction of sp³-hybridized carbons (Fsp3) is 0.889. The molecule has 0 aliphatic rings. The lowest BCUT2D eigenvalue weighted by molar-refractivity contribution is 0.0703. The van der Waals surface area contributed by atoms with E-state index in [4.69, 9.17) is 5.26 Å². The summed E-state index contributed by atoms with van der Waals surface area (Å²) in [7, 11) is 0. The molecule has 2 unspecified atom stereocenters. The van der Waals surface area contributed by atoms with E-state index in [2.05, 4.69) is 6.07 Å². The van der Waals surface area contributed by atoms with Crippen LogP contribution in [0.5, 0.6) is 0 Å². The van der Waals surface area contributed by atoms with Crippen molar-refractivity contribution >= 4 is 11.8 Å². The second-order valence-corrected chi connectivity index (χ2v) is 4.17. The van der Waals surface area contributed by atoms with Crippen LogP contribution in [0.2, 0.25) is 0 Å². The highest BCUT2D eigenvalue weighted by Crippen LogP contribution is 2.27. The highest BCUT2D eigenvalue weighted by atomic mass is 32.2. The number of aliphatic hydroxyl groups is 1. The Labute approximate surface area is 79.0 Å². The Kier molecular flexibility index (Phi) is 5.36. The van der Waals surface area contributed by atoms with Crippen LogP contribution < -0.4 is 0 Å². The van der Waals surface area contributed by atoms with Crippen molar-refractivity contribution in [2.45, 2.75) is 32.8 Å². The normalized spacial score (nSPS) is 17.9. The summed E-state index contributed by atoms with van der Waals surface area (Å²) in [5, 5.41) is 18.5. The molecule has 0 saturated carbocycles. The minimum atomic E-state index is -0.560. The third kappa shape index (κ3) is 3.04. The van der Waals surface area contributed by atoms with E-state index in [0.717, 1.165) is 5.75 Å². The monoisotopic (exact) mass is 187 g/mol. The first-order valence-corrected chi connectivity index (χ1v) is 5.58. The summed E-state index contributed by atoms with van der Waals surface area (Å²) >= 11 is 1.70. The summed E-state index contributed by atoms with van der Waals surface area (Å²) in [6.45, 7) is 3.75. The van der Waals surface area contributed by atoms with Crippen LogP contribution in [-0.4, -0.2) is 23.2 Å². The maximum absolute atomic E-state index is 9.66. The standard InChI is InChI=1S/C9H17NOS/c1-4-9(2,7-10)8(11)5-6-12-3/h8,11H,4-6H2,1-3H3. The average molecular weight is 187 g/mol. The summed E-state index contributed by atoms with van der Waals surface area (Å²) < 4.78 is 0. The van der Waals surface area contributed by atoms with Crippen molar-refractivity contribution in [2.24, 2.45) is 5.41 Å². The van der Waals surface area contributed by atoms with Crippen molar-refractivity contribution in [3.8, 4) is 6.07 Å². The highest BCUT2D eigenvalue weighted by Gasteiger charge is 2.30. The van der Waals surface area contributed by atoms with Gasteiger partial charge < -0.3 is 5.11 Å². The molecule has 0 aromatic carbocycles. The largest absolute Gasteiger partial charge is 0.391 e. The van der Waals surface area contributed by atoms with Gasteiger partial charge in [0.2, 0.25) is 0 Å². The molecule has 2 atom stereocenters. The maximum atomic E-state index is 9.66. The van der Waals surface area contributed by atoms with E-state index in [-0.39, 0.29) is 0 Å². The van der Waals surface area contributed by atoms with Crippen LogP contribution in [0.3, 0.4) is 0 Å². The Hall–Kier alpha value is -0.200. The first-order chi connectivity index (χ1) is 5.60. The van der Waals surface area contributed by atoms with E-state index in [1.165, 1.54) is 0 Å². The van der Waals surface area contributed by atoms with Gasteiger partial charge in [-0.3, -0.25) is 0 Å². The van der Waals surface area contributed by atoms with E-state index >= 15 is 0 Å². The van der Waals surface area contributed by atoms with E-state index in [1.54, 1.807) is 11.8 Å². The molecule has 0 bridgehead atoms. The minimum absolute atomic E-state index is 0.486. The number of rotatable bonds is 5. The average Bonchev–Trinajstić information content (AvgIpc) is 2.12. The van der Waals surface area contributed by atoms with Crippen LogP contribution in [0.25, 0.3) is 0 Å². The molecule has 70 valence electrons. The van der Waals surface area contributed by atoms with Crippen LogP contribution >= 0.6 is 11.8 Å². The maximum Gasteiger partial charge on any atom is 0.0802 e. The summed E-state index contributed by atoms with van der Waals surface area (Å²) in [6.07, 6.45) is 2.93. The minimum Gasteiger partial charge on any atom is -0.391 e. The van der Waals surface area contributed by atoms with Crippen LogP contribution in [0, 0.1) is 16.7 Å². The smallest absolute Gasteiger partial charge is 0.0802 e. The SMILES string of the molecule is CCC(C)(C#N)C(O)CCSC. The van der Waals surface area contributed by atoms with Crippen LogP contribution in [-0.2, 0) is 0 Å². The van der Waals surface area contributed by atoms with Crippen molar-refractivity contribution in [3.63, 3.8) is 0 Å². The zero-order chi connectivity index (χ0) is 9.61. The Bertz CT molecular complexity index is 166. The predicted octanol–water partition coefficient (Wildman–Crippen LogP) is 2.04. The van der Waals surface area contributed by atoms with Crippen molar-refractivity contribution in [1.82, 2.24) is 0 Å². The Morgan fingerprint density at radius 3 is 2.58 bits per heavy atom. The fourth-order valence-corrected chi connectivity index (χ4v) is 1.40. The molecule has 0 aromatic rings. The van der Waals surface area contributed by atoms with Gasteiger partial charge in [0, 0.05) is 0 Å². The number of nitriles is 1. The molecule has 0 rings (SSSR count). The van der Waals surface area contributed by atoms with E-state index < -0.39 is 11.5 Å². The van der Waals surface area contributed by atoms with Crippen molar-refractivity contribution in [3.05, 3.63) is 0 Å². The van der Waals surface area contributed by atoms with Gasteiger partial charge in [-0.05, 0) is 31.8 Å². The molecule has 0 fully saturated rings. The van der Waals surface area contributed by atoms with Gasteiger partial charge in [0.1, 0.15) is 0 Å². The van der Waals surface area contributed by atoms with Gasteiger partial charge in [-0.1, -0.05) is 6.92 Å². The summed E-state index contributed by atoms with van der Waals surface area (Å²) in [5.74, 6) is 0.915. The van der Waals surface area contributed by atoms with Crippen LogP contribution in [0.4, 0.5) is 0 Å². The number of aliphatic hydroxyl groups excluding tert-OH is 1. The Morgan fingerprint density at radius 2 is 2.25 bits per heavy atom. The summed E-state index contributed by atoms with van der Waals surface area (Å²) in [6, 6.07) is 2.18. The molecule has 0 spiro atoms. The first kappa shape index (κ1) is 11.8. The lowest BCUT2D eigenvalue weighted by Gasteiger charge is -2.25. The lowest BCUT2D eigenvalue weighted by Crippen LogP contribution is -2.30. The zero-order valence-electron chi connectivity index (χ0n) is 8.00. The summed E-state index contributed by atoms with van der Waals surface area (Å²) in [5.41, 5.74) is -0.560. The van der Waals surface area contributed by atoms with Gasteiger partial charge in [-0.15, -0.1) is 0 Å². The molecule has 1 N–H and O–H groups in total. The third-order valence-electron chi connectivity index (χ3n) is 2.32. The lowest BCUT2D eigenvalue weighted by atomic mass is 9.82. The number of nitrogens with zero attached hydrogens (tertiary/aromatic N) is 1. The molecule has 0 saturated heterocycles. The Morgan fingerprint density at radius 1 is 1.67 bits per heavy atom.